The van der Waals surface area contributed by atoms with Crippen LogP contribution in [0.3, 0.4) is 0 Å². The highest BCUT2D eigenvalue weighted by molar-refractivity contribution is 5.69. The molecule has 0 amide bonds. The van der Waals surface area contributed by atoms with Gasteiger partial charge in [-0.05, 0) is 43.9 Å². The maximum atomic E-state index is 10.7. The third-order valence-corrected chi connectivity index (χ3v) is 5.96. The lowest BCUT2D eigenvalue weighted by Crippen LogP contribution is -2.52. The first kappa shape index (κ1) is 14.3. The molecule has 114 valence electrons. The van der Waals surface area contributed by atoms with Crippen molar-refractivity contribution in [2.24, 2.45) is 5.41 Å². The van der Waals surface area contributed by atoms with E-state index in [4.69, 9.17) is 5.11 Å². The number of hydrogen-bond donors (Lipinski definition) is 1. The molecule has 20 heavy (non-hydrogen) atoms. The normalized spacial score (nSPS) is 29.0. The summed E-state index contributed by atoms with van der Waals surface area (Å²) >= 11 is 0. The third-order valence-electron chi connectivity index (χ3n) is 5.96. The number of nitrogens with zero attached hydrogens (tertiary/aromatic N) is 2. The van der Waals surface area contributed by atoms with Gasteiger partial charge in [0.25, 0.3) is 0 Å². The van der Waals surface area contributed by atoms with E-state index in [9.17, 15) is 4.79 Å². The van der Waals surface area contributed by atoms with Gasteiger partial charge in [-0.2, -0.15) is 0 Å². The maximum absolute atomic E-state index is 10.7. The number of piperazine rings is 1. The highest BCUT2D eigenvalue weighted by atomic mass is 16.4. The molecule has 0 aromatic rings. The summed E-state index contributed by atoms with van der Waals surface area (Å²) in [6, 6.07) is 0.771. The number of aliphatic carboxylic acids is 1. The van der Waals surface area contributed by atoms with Crippen molar-refractivity contribution in [1.29, 1.82) is 0 Å². The average molecular weight is 280 g/mol. The number of carboxylic acid groups (broad SMARTS) is 1. The Morgan fingerprint density at radius 2 is 1.60 bits per heavy atom. The zero-order chi connectivity index (χ0) is 14.0. The molecule has 3 rings (SSSR count). The fourth-order valence-corrected chi connectivity index (χ4v) is 4.68. The fourth-order valence-electron chi connectivity index (χ4n) is 4.68. The van der Waals surface area contributed by atoms with Gasteiger partial charge >= 0.3 is 5.97 Å². The number of hydrogen-bond acceptors (Lipinski definition) is 3. The van der Waals surface area contributed by atoms with Crippen molar-refractivity contribution < 1.29 is 9.90 Å². The van der Waals surface area contributed by atoms with Gasteiger partial charge in [-0.1, -0.05) is 12.8 Å². The predicted octanol–water partition coefficient (Wildman–Crippen LogP) is 2.19. The molecular formula is C16H28N2O2. The molecule has 3 aliphatic rings. The van der Waals surface area contributed by atoms with Crippen LogP contribution in [0, 0.1) is 5.41 Å². The number of carboxylic acids is 1. The molecule has 2 aliphatic carbocycles. The third kappa shape index (κ3) is 3.17. The van der Waals surface area contributed by atoms with Crippen molar-refractivity contribution in [2.75, 3.05) is 32.7 Å². The van der Waals surface area contributed by atoms with Crippen LogP contribution in [0.25, 0.3) is 0 Å². The zero-order valence-electron chi connectivity index (χ0n) is 12.5. The Morgan fingerprint density at radius 3 is 2.15 bits per heavy atom. The molecule has 1 N–H and O–H groups in total. The van der Waals surface area contributed by atoms with Gasteiger partial charge in [0.15, 0.2) is 0 Å². The van der Waals surface area contributed by atoms with Crippen LogP contribution in [0.2, 0.25) is 0 Å². The largest absolute Gasteiger partial charge is 0.480 e. The topological polar surface area (TPSA) is 43.8 Å². The summed E-state index contributed by atoms with van der Waals surface area (Å²) in [5, 5.41) is 8.84. The van der Waals surface area contributed by atoms with Gasteiger partial charge in [0.1, 0.15) is 0 Å². The highest BCUT2D eigenvalue weighted by Crippen LogP contribution is 2.49. The second-order valence-electron chi connectivity index (χ2n) is 7.14. The Labute approximate surface area is 122 Å². The van der Waals surface area contributed by atoms with Crippen LogP contribution < -0.4 is 0 Å². The van der Waals surface area contributed by atoms with E-state index in [2.05, 4.69) is 9.80 Å². The van der Waals surface area contributed by atoms with E-state index >= 15 is 0 Å². The van der Waals surface area contributed by atoms with Crippen molar-refractivity contribution in [3.63, 3.8) is 0 Å². The summed E-state index contributed by atoms with van der Waals surface area (Å²) in [5.74, 6) is -0.695. The Hall–Kier alpha value is -0.610. The summed E-state index contributed by atoms with van der Waals surface area (Å²) in [6.45, 7) is 4.18. The van der Waals surface area contributed by atoms with E-state index in [1.54, 1.807) is 0 Å². The summed E-state index contributed by atoms with van der Waals surface area (Å²) in [4.78, 5) is 15.4. The quantitative estimate of drug-likeness (QED) is 0.860. The van der Waals surface area contributed by atoms with Gasteiger partial charge in [-0.15, -0.1) is 0 Å². The average Bonchev–Trinajstić information content (AvgIpc) is 2.89. The van der Waals surface area contributed by atoms with Gasteiger partial charge in [-0.3, -0.25) is 14.6 Å². The molecule has 1 heterocycles. The summed E-state index contributed by atoms with van der Waals surface area (Å²) in [6.07, 6.45) is 11.5. The Kier molecular flexibility index (Phi) is 4.32. The number of carbonyl (C=O) groups is 1. The smallest absolute Gasteiger partial charge is 0.317 e. The lowest BCUT2D eigenvalue weighted by molar-refractivity contribution is -0.138. The van der Waals surface area contributed by atoms with Crippen molar-refractivity contribution >= 4 is 5.97 Å². The molecule has 2 saturated carbocycles. The lowest BCUT2D eigenvalue weighted by Gasteiger charge is -2.44. The molecule has 4 heteroatoms. The minimum Gasteiger partial charge on any atom is -0.480 e. The molecule has 1 saturated heterocycles. The lowest BCUT2D eigenvalue weighted by atomic mass is 9.71. The Morgan fingerprint density at radius 1 is 1.00 bits per heavy atom. The molecular weight excluding hydrogens is 252 g/mol. The highest BCUT2D eigenvalue weighted by Gasteiger charge is 2.39. The van der Waals surface area contributed by atoms with Crippen LogP contribution in [-0.4, -0.2) is 59.6 Å². The van der Waals surface area contributed by atoms with E-state index in [0.29, 0.717) is 0 Å². The van der Waals surface area contributed by atoms with Crippen molar-refractivity contribution in [1.82, 2.24) is 9.80 Å². The summed E-state index contributed by atoms with van der Waals surface area (Å²) < 4.78 is 0. The van der Waals surface area contributed by atoms with Gasteiger partial charge < -0.3 is 5.11 Å². The summed E-state index contributed by atoms with van der Waals surface area (Å²) in [7, 11) is 0. The standard InChI is InChI=1S/C16H28N2O2/c19-15(20)13-17-9-11-18(12-10-17)14-3-7-16(8-4-14)5-1-2-6-16/h14H,1-13H2,(H,19,20). The van der Waals surface area contributed by atoms with E-state index in [1.807, 2.05) is 0 Å². The van der Waals surface area contributed by atoms with E-state index < -0.39 is 5.97 Å². The van der Waals surface area contributed by atoms with E-state index in [0.717, 1.165) is 37.6 Å². The Bertz CT molecular complexity index is 334. The van der Waals surface area contributed by atoms with Crippen LogP contribution >= 0.6 is 0 Å². The van der Waals surface area contributed by atoms with Gasteiger partial charge in [0, 0.05) is 32.2 Å². The number of rotatable bonds is 3. The van der Waals surface area contributed by atoms with Crippen LogP contribution in [0.5, 0.6) is 0 Å². The molecule has 1 aliphatic heterocycles. The minimum atomic E-state index is -0.695. The first-order valence-electron chi connectivity index (χ1n) is 8.35. The van der Waals surface area contributed by atoms with Gasteiger partial charge in [0.2, 0.25) is 0 Å². The van der Waals surface area contributed by atoms with Crippen LogP contribution in [0.1, 0.15) is 51.4 Å². The second-order valence-corrected chi connectivity index (χ2v) is 7.14. The molecule has 0 bridgehead atoms. The molecule has 0 radical (unpaired) electrons. The maximum Gasteiger partial charge on any atom is 0.317 e. The van der Waals surface area contributed by atoms with Crippen LogP contribution in [0.4, 0.5) is 0 Å². The molecule has 4 nitrogen and oxygen atoms in total. The zero-order valence-corrected chi connectivity index (χ0v) is 12.5. The molecule has 0 aromatic heterocycles. The fraction of sp³-hybridized carbons (Fsp3) is 0.938. The first-order valence-corrected chi connectivity index (χ1v) is 8.35. The predicted molar refractivity (Wildman–Crippen MR) is 78.8 cm³/mol. The van der Waals surface area contributed by atoms with E-state index in [-0.39, 0.29) is 6.54 Å². The van der Waals surface area contributed by atoms with Gasteiger partial charge in [-0.25, -0.2) is 0 Å². The van der Waals surface area contributed by atoms with Crippen molar-refractivity contribution in [2.45, 2.75) is 57.4 Å². The molecule has 0 atom stereocenters. The first-order chi connectivity index (χ1) is 9.67. The van der Waals surface area contributed by atoms with Crippen molar-refractivity contribution in [3.05, 3.63) is 0 Å². The van der Waals surface area contributed by atoms with E-state index in [1.165, 1.54) is 51.4 Å². The van der Waals surface area contributed by atoms with Crippen LogP contribution in [0.15, 0.2) is 0 Å². The molecule has 0 aromatic carbocycles. The SMILES string of the molecule is O=C(O)CN1CCN(C2CCC3(CCCC3)CC2)CC1. The monoisotopic (exact) mass is 280 g/mol. The minimum absolute atomic E-state index is 0.210. The van der Waals surface area contributed by atoms with Gasteiger partial charge in [0.05, 0.1) is 6.54 Å². The molecule has 3 fully saturated rings. The second kappa shape index (κ2) is 6.02. The molecule has 1 spiro atoms. The van der Waals surface area contributed by atoms with Crippen LogP contribution in [-0.2, 0) is 4.79 Å². The Balaban J connectivity index is 1.44. The van der Waals surface area contributed by atoms with Crippen molar-refractivity contribution in [3.8, 4) is 0 Å². The summed E-state index contributed by atoms with van der Waals surface area (Å²) in [5.41, 5.74) is 0.724. The molecule has 0 unspecified atom stereocenters.